The van der Waals surface area contributed by atoms with Crippen molar-refractivity contribution in [3.63, 3.8) is 0 Å². The number of aliphatic imine (C=N–C) groups is 1. The number of methoxy groups -OCH3 is 1. The van der Waals surface area contributed by atoms with Crippen molar-refractivity contribution in [2.45, 2.75) is 13.0 Å². The SMILES string of the molecule is COc1cccc(C(=N)N=C(N)CN2CCc3ccc(-c4cncnc4)cc3C2)c1[NH-].[Na+]. The number of hydrogen-bond donors (Lipinski definition) is 2. The maximum absolute atomic E-state index is 8.26. The van der Waals surface area contributed by atoms with Gasteiger partial charge >= 0.3 is 29.6 Å². The molecule has 9 heteroatoms. The Morgan fingerprint density at radius 1 is 1.19 bits per heavy atom. The van der Waals surface area contributed by atoms with Crippen LogP contribution < -0.4 is 40.0 Å². The number of nitrogens with one attached hydrogen (secondary N) is 2. The Morgan fingerprint density at radius 3 is 2.72 bits per heavy atom. The molecule has 0 amide bonds. The molecule has 0 bridgehead atoms. The van der Waals surface area contributed by atoms with E-state index in [0.29, 0.717) is 23.7 Å². The van der Waals surface area contributed by atoms with Gasteiger partial charge in [-0.2, -0.15) is 0 Å². The van der Waals surface area contributed by atoms with E-state index in [1.54, 1.807) is 18.2 Å². The zero-order chi connectivity index (χ0) is 21.8. The van der Waals surface area contributed by atoms with Crippen LogP contribution in [0, 0.1) is 5.41 Å². The third kappa shape index (κ3) is 5.34. The quantitative estimate of drug-likeness (QED) is 0.343. The Balaban J connectivity index is 0.00000289. The van der Waals surface area contributed by atoms with Crippen molar-refractivity contribution in [3.8, 4) is 16.9 Å². The maximum atomic E-state index is 8.26. The molecule has 0 unspecified atom stereocenters. The molecule has 2 heterocycles. The molecule has 2 aromatic carbocycles. The number of aromatic nitrogens is 2. The Bertz CT molecular complexity index is 1130. The largest absolute Gasteiger partial charge is 1.00 e. The van der Waals surface area contributed by atoms with E-state index in [1.165, 1.54) is 24.6 Å². The van der Waals surface area contributed by atoms with Gasteiger partial charge in [0.2, 0.25) is 0 Å². The molecule has 32 heavy (non-hydrogen) atoms. The van der Waals surface area contributed by atoms with Crippen LogP contribution in [0.4, 0.5) is 5.69 Å². The first-order chi connectivity index (χ1) is 15.0. The number of benzene rings is 2. The second-order valence-electron chi connectivity index (χ2n) is 7.41. The number of nitrogens with zero attached hydrogens (tertiary/aromatic N) is 4. The summed E-state index contributed by atoms with van der Waals surface area (Å²) in [5.74, 6) is 0.719. The Kier molecular flexibility index (Phi) is 7.98. The molecule has 0 radical (unpaired) electrons. The van der Waals surface area contributed by atoms with Crippen molar-refractivity contribution in [1.29, 1.82) is 5.41 Å². The van der Waals surface area contributed by atoms with Gasteiger partial charge in [0.25, 0.3) is 0 Å². The summed E-state index contributed by atoms with van der Waals surface area (Å²) in [6.07, 6.45) is 6.08. The minimum absolute atomic E-state index is 0. The van der Waals surface area contributed by atoms with Gasteiger partial charge < -0.3 is 16.2 Å². The van der Waals surface area contributed by atoms with Gasteiger partial charge in [-0.3, -0.25) is 10.3 Å². The third-order valence-electron chi connectivity index (χ3n) is 5.33. The average Bonchev–Trinajstić information content (AvgIpc) is 2.79. The number of hydrogen-bond acceptors (Lipinski definition) is 5. The van der Waals surface area contributed by atoms with Gasteiger partial charge in [0.1, 0.15) is 17.9 Å². The summed E-state index contributed by atoms with van der Waals surface area (Å²) in [4.78, 5) is 14.7. The molecule has 4 rings (SSSR count). The fourth-order valence-corrected chi connectivity index (χ4v) is 3.75. The molecule has 8 nitrogen and oxygen atoms in total. The zero-order valence-electron chi connectivity index (χ0n) is 18.3. The Morgan fingerprint density at radius 2 is 1.97 bits per heavy atom. The summed E-state index contributed by atoms with van der Waals surface area (Å²) in [6, 6.07) is 11.6. The Labute approximate surface area is 209 Å². The Hall–Kier alpha value is -2.78. The van der Waals surface area contributed by atoms with Gasteiger partial charge in [0.05, 0.1) is 13.7 Å². The van der Waals surface area contributed by atoms with Gasteiger partial charge in [-0.05, 0) is 35.2 Å². The van der Waals surface area contributed by atoms with Crippen molar-refractivity contribution < 1.29 is 34.3 Å². The van der Waals surface area contributed by atoms with Gasteiger partial charge in [-0.25, -0.2) is 15.0 Å². The second kappa shape index (κ2) is 10.7. The van der Waals surface area contributed by atoms with Crippen molar-refractivity contribution >= 4 is 17.4 Å². The number of nitrogens with two attached hydrogens (primary N) is 1. The van der Waals surface area contributed by atoms with Gasteiger partial charge in [-0.15, -0.1) is 0 Å². The third-order valence-corrected chi connectivity index (χ3v) is 5.33. The monoisotopic (exact) mass is 437 g/mol. The molecule has 0 spiro atoms. The first kappa shape index (κ1) is 23.9. The van der Waals surface area contributed by atoms with Gasteiger partial charge in [0, 0.05) is 36.6 Å². The van der Waals surface area contributed by atoms with Crippen molar-refractivity contribution in [2.75, 3.05) is 20.2 Å². The van der Waals surface area contributed by atoms with Crippen LogP contribution in [-0.4, -0.2) is 46.7 Å². The molecular formula is C23H24N7NaO. The van der Waals surface area contributed by atoms with Crippen LogP contribution in [0.2, 0.25) is 0 Å². The summed E-state index contributed by atoms with van der Waals surface area (Å²) in [7, 11) is 1.50. The maximum Gasteiger partial charge on any atom is 1.00 e. The summed E-state index contributed by atoms with van der Waals surface area (Å²) in [5.41, 5.74) is 19.5. The first-order valence-corrected chi connectivity index (χ1v) is 9.95. The van der Waals surface area contributed by atoms with Crippen molar-refractivity contribution in [2.24, 2.45) is 10.7 Å². The van der Waals surface area contributed by atoms with E-state index in [0.717, 1.165) is 30.6 Å². The van der Waals surface area contributed by atoms with Gasteiger partial charge in [-0.1, -0.05) is 30.0 Å². The summed E-state index contributed by atoms with van der Waals surface area (Å²) in [6.45, 7) is 2.08. The second-order valence-corrected chi connectivity index (χ2v) is 7.41. The molecule has 0 saturated heterocycles. The van der Waals surface area contributed by atoms with Crippen LogP contribution in [-0.2, 0) is 13.0 Å². The summed E-state index contributed by atoms with van der Waals surface area (Å²) < 4.78 is 5.16. The first-order valence-electron chi connectivity index (χ1n) is 9.95. The van der Waals surface area contributed by atoms with E-state index in [4.69, 9.17) is 21.6 Å². The van der Waals surface area contributed by atoms with E-state index in [-0.39, 0.29) is 41.1 Å². The fraction of sp³-hybridized carbons (Fsp3) is 0.217. The molecule has 0 fully saturated rings. The molecule has 0 aliphatic carbocycles. The van der Waals surface area contributed by atoms with Crippen LogP contribution >= 0.6 is 0 Å². The fourth-order valence-electron chi connectivity index (χ4n) is 3.75. The molecular weight excluding hydrogens is 413 g/mol. The van der Waals surface area contributed by atoms with Crippen LogP contribution in [0.5, 0.6) is 5.75 Å². The summed E-state index contributed by atoms with van der Waals surface area (Å²) in [5, 5.41) is 8.26. The molecule has 0 saturated carbocycles. The number of amidine groups is 2. The van der Waals surface area contributed by atoms with E-state index >= 15 is 0 Å². The molecule has 1 aromatic heterocycles. The predicted octanol–water partition coefficient (Wildman–Crippen LogP) is 0.581. The van der Waals surface area contributed by atoms with Crippen LogP contribution in [0.1, 0.15) is 16.7 Å². The normalized spacial score (nSPS) is 13.7. The minimum Gasteiger partial charge on any atom is -0.695 e. The summed E-state index contributed by atoms with van der Waals surface area (Å²) >= 11 is 0. The molecule has 3 aromatic rings. The topological polar surface area (TPSA) is 124 Å². The number of ether oxygens (including phenoxy) is 1. The predicted molar refractivity (Wildman–Crippen MR) is 122 cm³/mol. The number of fused-ring (bicyclic) bond motifs is 1. The number of rotatable bonds is 5. The van der Waals surface area contributed by atoms with E-state index in [9.17, 15) is 0 Å². The van der Waals surface area contributed by atoms with Crippen molar-refractivity contribution in [1.82, 2.24) is 14.9 Å². The van der Waals surface area contributed by atoms with E-state index < -0.39 is 0 Å². The van der Waals surface area contributed by atoms with Crippen LogP contribution in [0.3, 0.4) is 0 Å². The van der Waals surface area contributed by atoms with Crippen molar-refractivity contribution in [3.05, 3.63) is 77.5 Å². The van der Waals surface area contributed by atoms with Gasteiger partial charge in [0.15, 0.2) is 5.84 Å². The van der Waals surface area contributed by atoms with Crippen LogP contribution in [0.25, 0.3) is 16.9 Å². The average molecular weight is 437 g/mol. The van der Waals surface area contributed by atoms with Crippen LogP contribution in [0.15, 0.2) is 60.1 Å². The molecule has 4 N–H and O–H groups in total. The minimum atomic E-state index is -0.0369. The standard InChI is InChI=1S/C23H24N7O.Na/c1-31-20-4-2-3-19(22(20)25)23(26)29-21(24)13-30-8-7-15-5-6-16(9-17(15)12-30)18-10-27-14-28-11-18;/h2-6,9-11,14,25H,7-8,12-13H2,1H3,(H3,24,26,29);/q-1;+1. The van der Waals surface area contributed by atoms with E-state index in [2.05, 4.69) is 38.1 Å². The molecule has 0 atom stereocenters. The van der Waals surface area contributed by atoms with E-state index in [1.807, 2.05) is 12.4 Å². The smallest absolute Gasteiger partial charge is 0.695 e. The molecule has 158 valence electrons. The molecule has 1 aliphatic heterocycles. The molecule has 1 aliphatic rings. The zero-order valence-corrected chi connectivity index (χ0v) is 20.3.